The van der Waals surface area contributed by atoms with Crippen LogP contribution < -0.4 is 9.46 Å². The number of halogens is 1. The molecule has 1 unspecified atom stereocenters. The van der Waals surface area contributed by atoms with Crippen molar-refractivity contribution in [2.24, 2.45) is 0 Å². The Bertz CT molecular complexity index is 898. The molecule has 8 heteroatoms. The maximum atomic E-state index is 12.8. The first kappa shape index (κ1) is 24.2. The van der Waals surface area contributed by atoms with E-state index in [4.69, 9.17) is 21.4 Å². The normalized spacial score (nSPS) is 12.5. The van der Waals surface area contributed by atoms with Crippen LogP contribution in [-0.4, -0.2) is 26.1 Å². The summed E-state index contributed by atoms with van der Waals surface area (Å²) in [5.74, 6) is -0.228. The molecule has 0 amide bonds. The van der Waals surface area contributed by atoms with Crippen LogP contribution in [0.3, 0.4) is 0 Å². The molecule has 0 fully saturated rings. The Morgan fingerprint density at radius 2 is 1.73 bits per heavy atom. The number of carboxylic acid groups (broad SMARTS) is 1. The average Bonchev–Trinajstić information content (AvgIpc) is 2.71. The first-order chi connectivity index (χ1) is 14.3. The third-order valence-corrected chi connectivity index (χ3v) is 6.34. The standard InChI is InChI=1S/C22H28ClNO5S/c1-2-3-4-6-21(24-30(27,28)20-14-10-18(23)11-15-20)17-8-12-19(13-9-17)29-16-5-7-22(25)26/h8-15,21,24H,2-7,16H2,1H3,(H,25,26). The van der Waals surface area contributed by atoms with Crippen molar-refractivity contribution < 1.29 is 23.1 Å². The lowest BCUT2D eigenvalue weighted by molar-refractivity contribution is -0.137. The van der Waals surface area contributed by atoms with Gasteiger partial charge < -0.3 is 9.84 Å². The number of hydrogen-bond donors (Lipinski definition) is 2. The highest BCUT2D eigenvalue weighted by molar-refractivity contribution is 7.89. The molecule has 1 atom stereocenters. The second-order valence-electron chi connectivity index (χ2n) is 7.04. The Morgan fingerprint density at radius 1 is 1.07 bits per heavy atom. The highest BCUT2D eigenvalue weighted by atomic mass is 35.5. The van der Waals surface area contributed by atoms with Crippen molar-refractivity contribution in [1.29, 1.82) is 0 Å². The first-order valence-corrected chi connectivity index (χ1v) is 11.9. The van der Waals surface area contributed by atoms with Crippen LogP contribution in [0.5, 0.6) is 5.75 Å². The summed E-state index contributed by atoms with van der Waals surface area (Å²) in [6.45, 7) is 2.41. The molecule has 0 radical (unpaired) electrons. The monoisotopic (exact) mass is 453 g/mol. The van der Waals surface area contributed by atoms with Crippen molar-refractivity contribution in [3.05, 3.63) is 59.1 Å². The molecular weight excluding hydrogens is 426 g/mol. The largest absolute Gasteiger partial charge is 0.494 e. The van der Waals surface area contributed by atoms with E-state index in [1.807, 2.05) is 12.1 Å². The summed E-state index contributed by atoms with van der Waals surface area (Å²) < 4.78 is 34.0. The van der Waals surface area contributed by atoms with E-state index in [2.05, 4.69) is 11.6 Å². The minimum atomic E-state index is -3.69. The molecule has 0 spiro atoms. The smallest absolute Gasteiger partial charge is 0.303 e. The van der Waals surface area contributed by atoms with E-state index >= 15 is 0 Å². The van der Waals surface area contributed by atoms with E-state index in [0.29, 0.717) is 30.2 Å². The van der Waals surface area contributed by atoms with Gasteiger partial charge in [-0.1, -0.05) is 49.9 Å². The minimum absolute atomic E-state index is 0.0596. The maximum absolute atomic E-state index is 12.8. The van der Waals surface area contributed by atoms with Gasteiger partial charge in [-0.25, -0.2) is 13.1 Å². The fourth-order valence-corrected chi connectivity index (χ4v) is 4.36. The second kappa shape index (κ2) is 11.9. The zero-order chi connectivity index (χ0) is 22.0. The van der Waals surface area contributed by atoms with Crippen LogP contribution in [0.25, 0.3) is 0 Å². The van der Waals surface area contributed by atoms with Crippen molar-refractivity contribution in [3.8, 4) is 5.75 Å². The molecule has 2 aromatic carbocycles. The maximum Gasteiger partial charge on any atom is 0.303 e. The number of unbranched alkanes of at least 4 members (excludes halogenated alkanes) is 2. The molecule has 0 saturated heterocycles. The fraction of sp³-hybridized carbons (Fsp3) is 0.409. The number of carboxylic acids is 1. The summed E-state index contributed by atoms with van der Waals surface area (Å²) in [5, 5.41) is 9.15. The van der Waals surface area contributed by atoms with Gasteiger partial charge in [0.2, 0.25) is 10.0 Å². The van der Waals surface area contributed by atoms with Crippen molar-refractivity contribution in [2.75, 3.05) is 6.61 Å². The number of carbonyl (C=O) groups is 1. The van der Waals surface area contributed by atoms with Gasteiger partial charge in [-0.2, -0.15) is 0 Å². The van der Waals surface area contributed by atoms with Gasteiger partial charge >= 0.3 is 5.97 Å². The molecule has 6 nitrogen and oxygen atoms in total. The van der Waals surface area contributed by atoms with E-state index in [1.54, 1.807) is 24.3 Å². The molecule has 0 aliphatic rings. The van der Waals surface area contributed by atoms with Crippen LogP contribution in [0.4, 0.5) is 0 Å². The quantitative estimate of drug-likeness (QED) is 0.407. The van der Waals surface area contributed by atoms with Crippen molar-refractivity contribution >= 4 is 27.6 Å². The number of sulfonamides is 1. The third kappa shape index (κ3) is 7.97. The van der Waals surface area contributed by atoms with Gasteiger partial charge in [0.1, 0.15) is 5.75 Å². The SMILES string of the molecule is CCCCCC(NS(=O)(=O)c1ccc(Cl)cc1)c1ccc(OCCCC(=O)O)cc1. The number of hydrogen-bond acceptors (Lipinski definition) is 4. The Hall–Kier alpha value is -2.09. The van der Waals surface area contributed by atoms with Gasteiger partial charge in [0.05, 0.1) is 11.5 Å². The summed E-state index contributed by atoms with van der Waals surface area (Å²) in [6, 6.07) is 13.0. The van der Waals surface area contributed by atoms with Crippen LogP contribution in [0.2, 0.25) is 5.02 Å². The fourth-order valence-electron chi connectivity index (χ4n) is 2.97. The molecule has 0 aromatic heterocycles. The third-order valence-electron chi connectivity index (χ3n) is 4.60. The Labute approximate surface area is 183 Å². The van der Waals surface area contributed by atoms with E-state index in [0.717, 1.165) is 24.8 Å². The van der Waals surface area contributed by atoms with Crippen LogP contribution in [0.1, 0.15) is 57.1 Å². The van der Waals surface area contributed by atoms with E-state index in [1.165, 1.54) is 12.1 Å². The van der Waals surface area contributed by atoms with E-state index in [-0.39, 0.29) is 17.4 Å². The molecule has 0 bridgehead atoms. The lowest BCUT2D eigenvalue weighted by Crippen LogP contribution is -2.28. The number of aliphatic carboxylic acids is 1. The lowest BCUT2D eigenvalue weighted by Gasteiger charge is -2.20. The topological polar surface area (TPSA) is 92.7 Å². The average molecular weight is 454 g/mol. The summed E-state index contributed by atoms with van der Waals surface area (Å²) >= 11 is 5.87. The lowest BCUT2D eigenvalue weighted by atomic mass is 10.0. The van der Waals surface area contributed by atoms with Gasteiger partial charge in [0, 0.05) is 17.5 Å². The summed E-state index contributed by atoms with van der Waals surface area (Å²) in [6.07, 6.45) is 4.13. The molecular formula is C22H28ClNO5S. The molecule has 2 aromatic rings. The van der Waals surface area contributed by atoms with Crippen LogP contribution >= 0.6 is 11.6 Å². The molecule has 2 rings (SSSR count). The second-order valence-corrected chi connectivity index (χ2v) is 9.19. The van der Waals surface area contributed by atoms with Crippen molar-refractivity contribution in [3.63, 3.8) is 0 Å². The highest BCUT2D eigenvalue weighted by Gasteiger charge is 2.21. The molecule has 30 heavy (non-hydrogen) atoms. The van der Waals surface area contributed by atoms with E-state index < -0.39 is 16.0 Å². The Balaban J connectivity index is 2.09. The van der Waals surface area contributed by atoms with Gasteiger partial charge in [-0.05, 0) is 54.8 Å². The first-order valence-electron chi connectivity index (χ1n) is 10.0. The molecule has 2 N–H and O–H groups in total. The Morgan fingerprint density at radius 3 is 2.33 bits per heavy atom. The molecule has 0 heterocycles. The minimum Gasteiger partial charge on any atom is -0.494 e. The van der Waals surface area contributed by atoms with Gasteiger partial charge in [0.25, 0.3) is 0 Å². The van der Waals surface area contributed by atoms with Gasteiger partial charge in [-0.15, -0.1) is 0 Å². The molecule has 164 valence electrons. The van der Waals surface area contributed by atoms with Gasteiger partial charge in [0.15, 0.2) is 0 Å². The highest BCUT2D eigenvalue weighted by Crippen LogP contribution is 2.25. The van der Waals surface area contributed by atoms with Gasteiger partial charge in [-0.3, -0.25) is 4.79 Å². The number of rotatable bonds is 13. The Kier molecular flexibility index (Phi) is 9.62. The summed E-state index contributed by atoms with van der Waals surface area (Å²) in [7, 11) is -3.69. The van der Waals surface area contributed by atoms with Crippen LogP contribution in [0.15, 0.2) is 53.4 Å². The van der Waals surface area contributed by atoms with E-state index in [9.17, 15) is 13.2 Å². The van der Waals surface area contributed by atoms with Crippen molar-refractivity contribution in [2.45, 2.75) is 56.4 Å². The number of nitrogens with one attached hydrogen (secondary N) is 1. The van der Waals surface area contributed by atoms with Crippen molar-refractivity contribution in [1.82, 2.24) is 4.72 Å². The molecule has 0 aliphatic carbocycles. The van der Waals surface area contributed by atoms with Crippen LogP contribution in [0, 0.1) is 0 Å². The zero-order valence-corrected chi connectivity index (χ0v) is 18.6. The number of benzene rings is 2. The molecule has 0 aliphatic heterocycles. The summed E-state index contributed by atoms with van der Waals surface area (Å²) in [4.78, 5) is 10.7. The number of ether oxygens (including phenoxy) is 1. The predicted octanol–water partition coefficient (Wildman–Crippen LogP) is 5.18. The zero-order valence-electron chi connectivity index (χ0n) is 17.0. The predicted molar refractivity (Wildman–Crippen MR) is 117 cm³/mol. The summed E-state index contributed by atoms with van der Waals surface area (Å²) in [5.41, 5.74) is 0.849. The van der Waals surface area contributed by atoms with Crippen LogP contribution in [-0.2, 0) is 14.8 Å². The molecule has 0 saturated carbocycles.